The van der Waals surface area contributed by atoms with E-state index in [1.54, 1.807) is 17.0 Å². The molecule has 4 aliphatic heterocycles. The second-order valence-corrected chi connectivity index (χ2v) is 14.8. The number of rotatable bonds is 10. The molecule has 52 heavy (non-hydrogen) atoms. The van der Waals surface area contributed by atoms with E-state index in [2.05, 4.69) is 33.3 Å². The quantitative estimate of drug-likeness (QED) is 0.172. The van der Waals surface area contributed by atoms with Crippen LogP contribution in [0.25, 0.3) is 0 Å². The van der Waals surface area contributed by atoms with Gasteiger partial charge < -0.3 is 19.4 Å². The number of imide groups is 1. The summed E-state index contributed by atoms with van der Waals surface area (Å²) in [6.45, 7) is 5.98. The SMILES string of the molecule is Cc1ccc(N2CCC(c3ccc(OCCCCC4CCN(c5ccc6c(c5)CN(C5CCC(=O)NC5=O)C6=O)CC4)cc3)CC2)cc1C(F)(F)F. The molecule has 0 spiro atoms. The number of alkyl halides is 3. The topological polar surface area (TPSA) is 82.2 Å². The van der Waals surface area contributed by atoms with Crippen molar-refractivity contribution in [1.82, 2.24) is 10.2 Å². The molecule has 8 nitrogen and oxygen atoms in total. The molecule has 3 aromatic rings. The van der Waals surface area contributed by atoms with Gasteiger partial charge in [0.15, 0.2) is 0 Å². The molecule has 0 bridgehead atoms. The number of piperidine rings is 3. The summed E-state index contributed by atoms with van der Waals surface area (Å²) in [5.74, 6) is 1.12. The van der Waals surface area contributed by atoms with Gasteiger partial charge in [-0.15, -0.1) is 0 Å². The van der Waals surface area contributed by atoms with E-state index >= 15 is 0 Å². The minimum absolute atomic E-state index is 0.140. The van der Waals surface area contributed by atoms with Gasteiger partial charge in [-0.25, -0.2) is 0 Å². The lowest BCUT2D eigenvalue weighted by Gasteiger charge is -2.34. The van der Waals surface area contributed by atoms with E-state index in [0.29, 0.717) is 42.7 Å². The molecule has 4 heterocycles. The molecule has 3 saturated heterocycles. The first-order valence-electron chi connectivity index (χ1n) is 18.7. The Kier molecular flexibility index (Phi) is 10.5. The van der Waals surface area contributed by atoms with Gasteiger partial charge >= 0.3 is 6.18 Å². The lowest BCUT2D eigenvalue weighted by molar-refractivity contribution is -0.138. The van der Waals surface area contributed by atoms with E-state index in [1.165, 1.54) is 25.0 Å². The first-order chi connectivity index (χ1) is 25.0. The number of halogens is 3. The highest BCUT2D eigenvalue weighted by Gasteiger charge is 2.39. The van der Waals surface area contributed by atoms with Crippen molar-refractivity contribution >= 4 is 29.1 Å². The van der Waals surface area contributed by atoms with E-state index in [9.17, 15) is 27.6 Å². The van der Waals surface area contributed by atoms with Crippen LogP contribution in [-0.4, -0.2) is 61.4 Å². The van der Waals surface area contributed by atoms with Crippen LogP contribution in [0.1, 0.15) is 96.3 Å². The number of anilines is 2. The number of nitrogens with one attached hydrogen (secondary N) is 1. The third-order valence-electron chi connectivity index (χ3n) is 11.5. The zero-order chi connectivity index (χ0) is 36.4. The van der Waals surface area contributed by atoms with Gasteiger partial charge in [-0.3, -0.25) is 19.7 Å². The molecule has 3 amide bonds. The molecule has 1 N–H and O–H groups in total. The predicted molar refractivity (Wildman–Crippen MR) is 194 cm³/mol. The minimum Gasteiger partial charge on any atom is -0.494 e. The highest BCUT2D eigenvalue weighted by atomic mass is 19.4. The fraction of sp³-hybridized carbons (Fsp3) is 0.488. The van der Waals surface area contributed by atoms with E-state index in [4.69, 9.17) is 4.74 Å². The van der Waals surface area contributed by atoms with Crippen LogP contribution in [0.3, 0.4) is 0 Å². The lowest BCUT2D eigenvalue weighted by atomic mass is 9.89. The van der Waals surface area contributed by atoms with Gasteiger partial charge in [0, 0.05) is 56.1 Å². The van der Waals surface area contributed by atoms with Crippen LogP contribution in [0.15, 0.2) is 60.7 Å². The Morgan fingerprint density at radius 2 is 1.48 bits per heavy atom. The van der Waals surface area contributed by atoms with Crippen LogP contribution in [0.4, 0.5) is 24.5 Å². The Bertz CT molecular complexity index is 1780. The average molecular weight is 717 g/mol. The lowest BCUT2D eigenvalue weighted by Crippen LogP contribution is -2.52. The predicted octanol–water partition coefficient (Wildman–Crippen LogP) is 7.62. The highest BCUT2D eigenvalue weighted by Crippen LogP contribution is 2.37. The Morgan fingerprint density at radius 3 is 2.17 bits per heavy atom. The number of nitrogens with zero attached hydrogens (tertiary/aromatic N) is 3. The van der Waals surface area contributed by atoms with E-state index < -0.39 is 17.8 Å². The summed E-state index contributed by atoms with van der Waals surface area (Å²) in [5.41, 5.74) is 4.29. The van der Waals surface area contributed by atoms with Crippen molar-refractivity contribution in [3.63, 3.8) is 0 Å². The smallest absolute Gasteiger partial charge is 0.416 e. The van der Waals surface area contributed by atoms with Crippen LogP contribution in [0, 0.1) is 12.8 Å². The van der Waals surface area contributed by atoms with E-state index in [0.717, 1.165) is 81.7 Å². The molecule has 276 valence electrons. The van der Waals surface area contributed by atoms with Crippen LogP contribution in [-0.2, 0) is 22.3 Å². The van der Waals surface area contributed by atoms with Crippen LogP contribution in [0.2, 0.25) is 0 Å². The molecule has 0 saturated carbocycles. The Labute approximate surface area is 303 Å². The summed E-state index contributed by atoms with van der Waals surface area (Å²) in [7, 11) is 0. The number of hydrogen-bond acceptors (Lipinski definition) is 6. The summed E-state index contributed by atoms with van der Waals surface area (Å²) >= 11 is 0. The fourth-order valence-corrected chi connectivity index (χ4v) is 8.38. The van der Waals surface area contributed by atoms with Crippen molar-refractivity contribution in [2.75, 3.05) is 42.6 Å². The molecular weight excluding hydrogens is 669 g/mol. The minimum atomic E-state index is -4.34. The summed E-state index contributed by atoms with van der Waals surface area (Å²) in [6, 6.07) is 18.4. The molecule has 0 aliphatic carbocycles. The zero-order valence-corrected chi connectivity index (χ0v) is 29.7. The summed E-state index contributed by atoms with van der Waals surface area (Å²) in [4.78, 5) is 43.0. The standard InChI is InChI=1S/C41H47F3N4O4/c1-27-5-8-33(25-36(27)41(42,43)44)47-21-17-30(18-22-47)29-6-10-34(11-7-29)52-23-3-2-4-28-15-19-46(20-16-28)32-9-12-35-31(24-32)26-48(40(35)51)37-13-14-38(49)45-39(37)50/h5-12,24-25,28,30,37H,2-4,13-23,26H2,1H3,(H,45,49,50). The molecule has 7 rings (SSSR count). The Morgan fingerprint density at radius 1 is 0.808 bits per heavy atom. The van der Waals surface area contributed by atoms with E-state index in [-0.39, 0.29) is 29.7 Å². The van der Waals surface area contributed by atoms with E-state index in [1.807, 2.05) is 24.3 Å². The maximum Gasteiger partial charge on any atom is 0.416 e. The van der Waals surface area contributed by atoms with Crippen molar-refractivity contribution in [1.29, 1.82) is 0 Å². The molecule has 1 atom stereocenters. The number of unbranched alkanes of at least 4 members (excludes halogenated alkanes) is 1. The Hall–Kier alpha value is -4.54. The summed E-state index contributed by atoms with van der Waals surface area (Å²) in [6.07, 6.45) is 3.61. The number of carbonyl (C=O) groups excluding carboxylic acids is 3. The van der Waals surface area contributed by atoms with Gasteiger partial charge in [0.1, 0.15) is 11.8 Å². The molecule has 1 unspecified atom stereocenters. The first kappa shape index (κ1) is 35.8. The molecule has 0 radical (unpaired) electrons. The van der Waals surface area contributed by atoms with Gasteiger partial charge in [-0.2, -0.15) is 13.2 Å². The largest absolute Gasteiger partial charge is 0.494 e. The summed E-state index contributed by atoms with van der Waals surface area (Å²) < 4.78 is 46.3. The zero-order valence-electron chi connectivity index (χ0n) is 29.7. The van der Waals surface area contributed by atoms with Crippen molar-refractivity contribution in [3.8, 4) is 5.75 Å². The number of fused-ring (bicyclic) bond motifs is 1. The molecule has 4 aliphatic rings. The number of amides is 3. The van der Waals surface area contributed by atoms with Gasteiger partial charge in [-0.1, -0.05) is 24.6 Å². The second-order valence-electron chi connectivity index (χ2n) is 14.8. The Balaban J connectivity index is 0.797. The maximum atomic E-state index is 13.4. The van der Waals surface area contributed by atoms with Crippen molar-refractivity contribution < 1.29 is 32.3 Å². The normalized spacial score (nSPS) is 20.3. The van der Waals surface area contributed by atoms with Crippen molar-refractivity contribution in [3.05, 3.63) is 88.5 Å². The van der Waals surface area contributed by atoms with Crippen LogP contribution < -0.4 is 19.9 Å². The molecule has 11 heteroatoms. The number of ether oxygens (including phenoxy) is 1. The summed E-state index contributed by atoms with van der Waals surface area (Å²) in [5, 5.41) is 2.36. The fourth-order valence-electron chi connectivity index (χ4n) is 8.38. The van der Waals surface area contributed by atoms with Crippen LogP contribution in [0.5, 0.6) is 5.75 Å². The number of aryl methyl sites for hydroxylation is 1. The van der Waals surface area contributed by atoms with Gasteiger partial charge in [-0.05, 0) is 123 Å². The van der Waals surface area contributed by atoms with Gasteiger partial charge in [0.05, 0.1) is 12.2 Å². The highest BCUT2D eigenvalue weighted by molar-refractivity contribution is 6.05. The number of hydrogen-bond donors (Lipinski definition) is 1. The van der Waals surface area contributed by atoms with Crippen LogP contribution >= 0.6 is 0 Å². The monoisotopic (exact) mass is 716 g/mol. The van der Waals surface area contributed by atoms with Crippen molar-refractivity contribution in [2.45, 2.75) is 89.4 Å². The van der Waals surface area contributed by atoms with Gasteiger partial charge in [0.25, 0.3) is 5.91 Å². The number of benzene rings is 3. The maximum absolute atomic E-state index is 13.4. The molecular formula is C41H47F3N4O4. The van der Waals surface area contributed by atoms with Crippen molar-refractivity contribution in [2.24, 2.45) is 5.92 Å². The molecule has 0 aromatic heterocycles. The number of carbonyl (C=O) groups is 3. The second kappa shape index (κ2) is 15.2. The third kappa shape index (κ3) is 7.93. The molecule has 3 fully saturated rings. The average Bonchev–Trinajstić information content (AvgIpc) is 3.46. The van der Waals surface area contributed by atoms with Gasteiger partial charge in [0.2, 0.25) is 11.8 Å². The molecule has 3 aromatic carbocycles. The first-order valence-corrected chi connectivity index (χ1v) is 18.7. The third-order valence-corrected chi connectivity index (χ3v) is 11.5.